The van der Waals surface area contributed by atoms with Crippen molar-refractivity contribution in [3.05, 3.63) is 40.2 Å². The van der Waals surface area contributed by atoms with Gasteiger partial charge in [0.05, 0.1) is 13.0 Å². The zero-order valence-electron chi connectivity index (χ0n) is 13.9. The molecule has 24 heavy (non-hydrogen) atoms. The van der Waals surface area contributed by atoms with Crippen LogP contribution in [0, 0.1) is 13.8 Å². The van der Waals surface area contributed by atoms with E-state index < -0.39 is 0 Å². The van der Waals surface area contributed by atoms with Crippen molar-refractivity contribution in [3.8, 4) is 0 Å². The molecule has 1 saturated heterocycles. The molecule has 7 nitrogen and oxygen atoms in total. The van der Waals surface area contributed by atoms with Crippen LogP contribution in [-0.4, -0.2) is 62.1 Å². The molecule has 0 atom stereocenters. The number of nitrogens with zero attached hydrogens (tertiary/aromatic N) is 5. The van der Waals surface area contributed by atoms with Crippen LogP contribution in [0.5, 0.6) is 0 Å². The second-order valence-electron chi connectivity index (χ2n) is 6.05. The summed E-state index contributed by atoms with van der Waals surface area (Å²) in [5.41, 5.74) is 1.75. The molecular formula is C16H21ClN6O. The number of carbonyl (C=O) groups is 1. The molecule has 128 valence electrons. The number of aryl methyl sites for hydroxylation is 2. The number of H-pyrrole nitrogens is 1. The van der Waals surface area contributed by atoms with E-state index in [9.17, 15) is 4.79 Å². The minimum absolute atomic E-state index is 0.135. The fourth-order valence-electron chi connectivity index (χ4n) is 2.84. The lowest BCUT2D eigenvalue weighted by Crippen LogP contribution is -2.48. The largest absolute Gasteiger partial charge is 0.340 e. The van der Waals surface area contributed by atoms with E-state index in [1.54, 1.807) is 6.07 Å². The van der Waals surface area contributed by atoms with E-state index in [0.717, 1.165) is 49.1 Å². The number of piperazine rings is 1. The van der Waals surface area contributed by atoms with Crippen molar-refractivity contribution in [2.75, 3.05) is 26.2 Å². The maximum atomic E-state index is 12.5. The number of amides is 1. The van der Waals surface area contributed by atoms with Gasteiger partial charge in [-0.1, -0.05) is 17.7 Å². The number of carbonyl (C=O) groups excluding carboxylic acids is 1. The highest BCUT2D eigenvalue weighted by molar-refractivity contribution is 6.29. The standard InChI is InChI=1S/C16H21ClN6O/c1-11-13(3-4-14(17)18-11)9-16(24)23-7-5-22(6-8-23)10-15-19-12(2)20-21-15/h3-4H,5-10H2,1-2H3,(H,19,20,21). The Morgan fingerprint density at radius 1 is 1.21 bits per heavy atom. The number of pyridine rings is 1. The topological polar surface area (TPSA) is 78.0 Å². The average molecular weight is 349 g/mol. The Balaban J connectivity index is 1.51. The van der Waals surface area contributed by atoms with Gasteiger partial charge >= 0.3 is 0 Å². The molecule has 0 aliphatic carbocycles. The fourth-order valence-corrected chi connectivity index (χ4v) is 3.03. The minimum Gasteiger partial charge on any atom is -0.340 e. The summed E-state index contributed by atoms with van der Waals surface area (Å²) in [5, 5.41) is 7.47. The maximum absolute atomic E-state index is 12.5. The Morgan fingerprint density at radius 2 is 1.96 bits per heavy atom. The molecule has 1 aliphatic heterocycles. The summed E-state index contributed by atoms with van der Waals surface area (Å²) >= 11 is 5.86. The maximum Gasteiger partial charge on any atom is 0.227 e. The summed E-state index contributed by atoms with van der Waals surface area (Å²) < 4.78 is 0. The molecule has 1 amide bonds. The molecule has 8 heteroatoms. The Hall–Kier alpha value is -1.99. The van der Waals surface area contributed by atoms with E-state index >= 15 is 0 Å². The first kappa shape index (κ1) is 16.9. The predicted octanol–water partition coefficient (Wildman–Crippen LogP) is 1.36. The van der Waals surface area contributed by atoms with Gasteiger partial charge < -0.3 is 4.90 Å². The predicted molar refractivity (Wildman–Crippen MR) is 90.7 cm³/mol. The van der Waals surface area contributed by atoms with Gasteiger partial charge in [0.1, 0.15) is 11.0 Å². The van der Waals surface area contributed by atoms with E-state index in [1.165, 1.54) is 0 Å². The van der Waals surface area contributed by atoms with Crippen molar-refractivity contribution < 1.29 is 4.79 Å². The van der Waals surface area contributed by atoms with Gasteiger partial charge in [-0.15, -0.1) is 0 Å². The van der Waals surface area contributed by atoms with Crippen LogP contribution in [-0.2, 0) is 17.8 Å². The summed E-state index contributed by atoms with van der Waals surface area (Å²) in [6.45, 7) is 7.59. The van der Waals surface area contributed by atoms with Crippen LogP contribution in [0.4, 0.5) is 0 Å². The van der Waals surface area contributed by atoms with Gasteiger partial charge in [-0.05, 0) is 25.5 Å². The highest BCUT2D eigenvalue weighted by Gasteiger charge is 2.22. The normalized spacial score (nSPS) is 15.7. The minimum atomic E-state index is 0.135. The molecule has 2 aromatic rings. The molecule has 2 aromatic heterocycles. The van der Waals surface area contributed by atoms with Gasteiger partial charge in [-0.25, -0.2) is 9.97 Å². The average Bonchev–Trinajstić information content (AvgIpc) is 2.96. The number of rotatable bonds is 4. The smallest absolute Gasteiger partial charge is 0.227 e. The van der Waals surface area contributed by atoms with Crippen LogP contribution in [0.3, 0.4) is 0 Å². The molecule has 0 unspecified atom stereocenters. The number of hydrogen-bond donors (Lipinski definition) is 1. The molecule has 1 fully saturated rings. The summed E-state index contributed by atoms with van der Waals surface area (Å²) in [4.78, 5) is 25.2. The van der Waals surface area contributed by atoms with Crippen molar-refractivity contribution >= 4 is 17.5 Å². The third-order valence-corrected chi connectivity index (χ3v) is 4.45. The van der Waals surface area contributed by atoms with E-state index in [1.807, 2.05) is 24.8 Å². The summed E-state index contributed by atoms with van der Waals surface area (Å²) in [7, 11) is 0. The summed E-state index contributed by atoms with van der Waals surface area (Å²) in [6.07, 6.45) is 0.371. The molecule has 0 radical (unpaired) electrons. The van der Waals surface area contributed by atoms with Crippen LogP contribution in [0.2, 0.25) is 5.15 Å². The lowest BCUT2D eigenvalue weighted by molar-refractivity contribution is -0.132. The van der Waals surface area contributed by atoms with Gasteiger partial charge in [-0.2, -0.15) is 5.10 Å². The first-order valence-electron chi connectivity index (χ1n) is 8.01. The first-order chi connectivity index (χ1) is 11.5. The fraction of sp³-hybridized carbons (Fsp3) is 0.500. The van der Waals surface area contributed by atoms with Crippen LogP contribution >= 0.6 is 11.6 Å². The van der Waals surface area contributed by atoms with E-state index in [0.29, 0.717) is 18.1 Å². The SMILES string of the molecule is Cc1nc(CN2CCN(C(=O)Cc3ccc(Cl)nc3C)CC2)n[nH]1. The van der Waals surface area contributed by atoms with Crippen LogP contribution in [0.25, 0.3) is 0 Å². The Kier molecular flexibility index (Phi) is 5.11. The molecule has 0 saturated carbocycles. The van der Waals surface area contributed by atoms with Crippen molar-refractivity contribution in [1.82, 2.24) is 30.0 Å². The van der Waals surface area contributed by atoms with Crippen LogP contribution in [0.15, 0.2) is 12.1 Å². The highest BCUT2D eigenvalue weighted by Crippen LogP contribution is 2.13. The number of aromatic nitrogens is 4. The molecule has 3 rings (SSSR count). The third-order valence-electron chi connectivity index (χ3n) is 4.24. The van der Waals surface area contributed by atoms with Gasteiger partial charge in [0.15, 0.2) is 5.82 Å². The van der Waals surface area contributed by atoms with E-state index in [-0.39, 0.29) is 5.91 Å². The zero-order valence-corrected chi connectivity index (χ0v) is 14.7. The van der Waals surface area contributed by atoms with Crippen molar-refractivity contribution in [3.63, 3.8) is 0 Å². The number of hydrogen-bond acceptors (Lipinski definition) is 5. The molecule has 0 aromatic carbocycles. The second-order valence-corrected chi connectivity index (χ2v) is 6.44. The zero-order chi connectivity index (χ0) is 17.1. The van der Waals surface area contributed by atoms with Gasteiger partial charge in [0.25, 0.3) is 0 Å². The summed E-state index contributed by atoms with van der Waals surface area (Å²) in [5.74, 6) is 1.76. The molecule has 1 N–H and O–H groups in total. The van der Waals surface area contributed by atoms with E-state index in [2.05, 4.69) is 25.1 Å². The molecule has 0 bridgehead atoms. The second kappa shape index (κ2) is 7.27. The Bertz CT molecular complexity index is 723. The van der Waals surface area contributed by atoms with E-state index in [4.69, 9.17) is 11.6 Å². The number of aromatic amines is 1. The van der Waals surface area contributed by atoms with Crippen LogP contribution in [0.1, 0.15) is 22.9 Å². The number of halogens is 1. The van der Waals surface area contributed by atoms with Crippen molar-refractivity contribution in [2.24, 2.45) is 0 Å². The highest BCUT2D eigenvalue weighted by atomic mass is 35.5. The monoisotopic (exact) mass is 348 g/mol. The van der Waals surface area contributed by atoms with Gasteiger partial charge in [-0.3, -0.25) is 14.8 Å². The quantitative estimate of drug-likeness (QED) is 0.844. The molecule has 0 spiro atoms. The first-order valence-corrected chi connectivity index (χ1v) is 8.39. The number of nitrogens with one attached hydrogen (secondary N) is 1. The van der Waals surface area contributed by atoms with Gasteiger partial charge in [0.2, 0.25) is 5.91 Å². The molecule has 1 aliphatic rings. The lowest BCUT2D eigenvalue weighted by atomic mass is 10.1. The summed E-state index contributed by atoms with van der Waals surface area (Å²) in [6, 6.07) is 3.61. The third kappa shape index (κ3) is 4.10. The van der Waals surface area contributed by atoms with Gasteiger partial charge in [0, 0.05) is 31.9 Å². The molecular weight excluding hydrogens is 328 g/mol. The van der Waals surface area contributed by atoms with Crippen molar-refractivity contribution in [2.45, 2.75) is 26.8 Å². The van der Waals surface area contributed by atoms with Crippen molar-refractivity contribution in [1.29, 1.82) is 0 Å². The Labute approximate surface area is 146 Å². The molecule has 3 heterocycles. The Morgan fingerprint density at radius 3 is 2.58 bits per heavy atom. The van der Waals surface area contributed by atoms with Crippen LogP contribution < -0.4 is 0 Å². The lowest BCUT2D eigenvalue weighted by Gasteiger charge is -2.34.